The molecular weight excluding hydrogens is 535 g/mol. The summed E-state index contributed by atoms with van der Waals surface area (Å²) >= 11 is 18.4. The topological polar surface area (TPSA) is 88.7 Å². The van der Waals surface area contributed by atoms with Crippen molar-refractivity contribution in [3.05, 3.63) is 98.6 Å². The Morgan fingerprint density at radius 2 is 1.81 bits per heavy atom. The number of ether oxygens (including phenoxy) is 1. The molecule has 0 spiro atoms. The second kappa shape index (κ2) is 11.5. The summed E-state index contributed by atoms with van der Waals surface area (Å²) in [4.78, 5) is 13.0. The fraction of sp³-hybridized carbons (Fsp3) is 0.0741. The van der Waals surface area contributed by atoms with Gasteiger partial charge in [0.1, 0.15) is 0 Å². The molecule has 10 heteroatoms. The van der Waals surface area contributed by atoms with Crippen molar-refractivity contribution in [2.24, 2.45) is 5.10 Å². The summed E-state index contributed by atoms with van der Waals surface area (Å²) in [6, 6.07) is 17.3. The molecule has 1 heterocycles. The van der Waals surface area contributed by atoms with E-state index in [0.29, 0.717) is 37.8 Å². The highest BCUT2D eigenvalue weighted by molar-refractivity contribution is 6.42. The molecule has 2 N–H and O–H groups in total. The fourth-order valence-corrected chi connectivity index (χ4v) is 4.02. The Morgan fingerprint density at radius 3 is 2.51 bits per heavy atom. The molecule has 188 valence electrons. The predicted molar refractivity (Wildman–Crippen MR) is 148 cm³/mol. The Morgan fingerprint density at radius 1 is 1.05 bits per heavy atom. The Bertz CT molecular complexity index is 1510. The summed E-state index contributed by atoms with van der Waals surface area (Å²) in [5, 5.41) is 19.6. The molecule has 0 unspecified atom stereocenters. The molecule has 1 amide bonds. The number of hydrazone groups is 1. The zero-order valence-electron chi connectivity index (χ0n) is 19.7. The first kappa shape index (κ1) is 26.3. The summed E-state index contributed by atoms with van der Waals surface area (Å²) < 4.78 is 6.73. The number of nitrogens with one attached hydrogen (secondary N) is 1. The number of rotatable bonds is 7. The standard InChI is InChI=1S/C27H21Cl3N4O3/c1-16-25(27(36)32-31-13-3-4-17-5-12-23(35)24(14-17)37-2)33-34(20-10-11-21(29)22(30)15-20)26(16)18-6-8-19(28)9-7-18/h3-15,35H,1-2H3,(H,32,36)/b4-3+,31-13+. The molecule has 3 aromatic carbocycles. The van der Waals surface area contributed by atoms with Crippen LogP contribution in [0.3, 0.4) is 0 Å². The van der Waals surface area contributed by atoms with Crippen molar-refractivity contribution in [3.8, 4) is 28.4 Å². The lowest BCUT2D eigenvalue weighted by Crippen LogP contribution is -2.19. The zero-order valence-corrected chi connectivity index (χ0v) is 22.0. The van der Waals surface area contributed by atoms with E-state index in [-0.39, 0.29) is 11.4 Å². The number of carbonyl (C=O) groups is 1. The van der Waals surface area contributed by atoms with E-state index in [0.717, 1.165) is 11.1 Å². The number of aromatic nitrogens is 2. The van der Waals surface area contributed by atoms with E-state index in [1.807, 2.05) is 19.1 Å². The van der Waals surface area contributed by atoms with Gasteiger partial charge in [-0.3, -0.25) is 4.79 Å². The normalized spacial score (nSPS) is 11.4. The van der Waals surface area contributed by atoms with Crippen LogP contribution in [0.2, 0.25) is 15.1 Å². The number of amides is 1. The van der Waals surface area contributed by atoms with Crippen LogP contribution < -0.4 is 10.2 Å². The second-order valence-corrected chi connectivity index (χ2v) is 9.10. The quantitative estimate of drug-likeness (QED) is 0.191. The minimum absolute atomic E-state index is 0.0502. The molecule has 0 saturated heterocycles. The maximum Gasteiger partial charge on any atom is 0.292 e. The van der Waals surface area contributed by atoms with Gasteiger partial charge in [0, 0.05) is 22.4 Å². The number of allylic oxidation sites excluding steroid dienone is 1. The summed E-state index contributed by atoms with van der Waals surface area (Å²) in [5.41, 5.74) is 6.28. The van der Waals surface area contributed by atoms with Gasteiger partial charge in [0.2, 0.25) is 0 Å². The van der Waals surface area contributed by atoms with Gasteiger partial charge in [-0.25, -0.2) is 10.1 Å². The highest BCUT2D eigenvalue weighted by Gasteiger charge is 2.22. The molecule has 4 aromatic rings. The highest BCUT2D eigenvalue weighted by atomic mass is 35.5. The lowest BCUT2D eigenvalue weighted by molar-refractivity contribution is 0.0949. The number of nitrogens with zero attached hydrogens (tertiary/aromatic N) is 3. The molecular formula is C27H21Cl3N4O3. The molecule has 37 heavy (non-hydrogen) atoms. The minimum atomic E-state index is -0.484. The van der Waals surface area contributed by atoms with Crippen molar-refractivity contribution in [2.75, 3.05) is 7.11 Å². The van der Waals surface area contributed by atoms with Crippen LogP contribution in [0.25, 0.3) is 23.0 Å². The smallest absolute Gasteiger partial charge is 0.292 e. The molecule has 0 fully saturated rings. The van der Waals surface area contributed by atoms with E-state index in [1.54, 1.807) is 59.3 Å². The molecule has 0 bridgehead atoms. The Hall–Kier alpha value is -3.78. The minimum Gasteiger partial charge on any atom is -0.504 e. The Kier molecular flexibility index (Phi) is 8.18. The number of phenolic OH excluding ortho intramolecular Hbond substituents is 1. The van der Waals surface area contributed by atoms with E-state index in [2.05, 4.69) is 15.6 Å². The van der Waals surface area contributed by atoms with Crippen LogP contribution in [0, 0.1) is 6.92 Å². The van der Waals surface area contributed by atoms with E-state index in [1.165, 1.54) is 19.4 Å². The largest absolute Gasteiger partial charge is 0.504 e. The van der Waals surface area contributed by atoms with Crippen LogP contribution in [-0.4, -0.2) is 34.1 Å². The number of phenols is 1. The molecule has 0 atom stereocenters. The number of benzene rings is 3. The summed E-state index contributed by atoms with van der Waals surface area (Å²) in [5.74, 6) is -0.0753. The molecule has 4 rings (SSSR count). The van der Waals surface area contributed by atoms with Gasteiger partial charge in [-0.1, -0.05) is 59.1 Å². The monoisotopic (exact) mass is 554 g/mol. The average molecular weight is 556 g/mol. The van der Waals surface area contributed by atoms with Crippen molar-refractivity contribution < 1.29 is 14.6 Å². The van der Waals surface area contributed by atoms with E-state index >= 15 is 0 Å². The van der Waals surface area contributed by atoms with Crippen LogP contribution in [0.5, 0.6) is 11.5 Å². The Labute approximate surface area is 228 Å². The SMILES string of the molecule is COc1cc(/C=C/C=N/NC(=O)c2nn(-c3ccc(Cl)c(Cl)c3)c(-c3ccc(Cl)cc3)c2C)ccc1O. The predicted octanol–water partition coefficient (Wildman–Crippen LogP) is 6.95. The van der Waals surface area contributed by atoms with E-state index < -0.39 is 5.91 Å². The molecule has 7 nitrogen and oxygen atoms in total. The van der Waals surface area contributed by atoms with Crippen LogP contribution in [0.4, 0.5) is 0 Å². The second-order valence-electron chi connectivity index (χ2n) is 7.85. The van der Waals surface area contributed by atoms with Gasteiger partial charge in [-0.2, -0.15) is 10.2 Å². The van der Waals surface area contributed by atoms with Crippen LogP contribution in [0.15, 0.2) is 71.8 Å². The molecule has 0 aliphatic carbocycles. The van der Waals surface area contributed by atoms with Gasteiger partial charge in [-0.05, 0) is 61.0 Å². The molecule has 0 aliphatic heterocycles. The first-order valence-corrected chi connectivity index (χ1v) is 12.1. The van der Waals surface area contributed by atoms with Crippen LogP contribution in [-0.2, 0) is 0 Å². The summed E-state index contributed by atoms with van der Waals surface area (Å²) in [6.45, 7) is 1.81. The molecule has 0 radical (unpaired) electrons. The zero-order chi connectivity index (χ0) is 26.5. The maximum atomic E-state index is 13.0. The first-order valence-electron chi connectivity index (χ1n) is 11.0. The van der Waals surface area contributed by atoms with Gasteiger partial charge in [0.25, 0.3) is 5.91 Å². The fourth-order valence-electron chi connectivity index (χ4n) is 3.61. The van der Waals surface area contributed by atoms with Crippen molar-refractivity contribution >= 4 is 53.0 Å². The van der Waals surface area contributed by atoms with Gasteiger partial charge in [-0.15, -0.1) is 0 Å². The van der Waals surface area contributed by atoms with Gasteiger partial charge in [0.15, 0.2) is 17.2 Å². The maximum absolute atomic E-state index is 13.0. The third kappa shape index (κ3) is 5.97. The lowest BCUT2D eigenvalue weighted by atomic mass is 10.1. The van der Waals surface area contributed by atoms with Crippen LogP contribution >= 0.6 is 34.8 Å². The summed E-state index contributed by atoms with van der Waals surface area (Å²) in [6.07, 6.45) is 4.83. The number of aromatic hydroxyl groups is 1. The molecule has 1 aromatic heterocycles. The molecule has 0 aliphatic rings. The van der Waals surface area contributed by atoms with Gasteiger partial charge >= 0.3 is 0 Å². The average Bonchev–Trinajstić information content (AvgIpc) is 3.23. The van der Waals surface area contributed by atoms with Crippen molar-refractivity contribution in [3.63, 3.8) is 0 Å². The van der Waals surface area contributed by atoms with Crippen molar-refractivity contribution in [2.45, 2.75) is 6.92 Å². The number of hydrogen-bond acceptors (Lipinski definition) is 5. The van der Waals surface area contributed by atoms with Gasteiger partial charge < -0.3 is 9.84 Å². The Balaban J connectivity index is 1.60. The number of methoxy groups -OCH3 is 1. The van der Waals surface area contributed by atoms with Crippen molar-refractivity contribution in [1.82, 2.24) is 15.2 Å². The highest BCUT2D eigenvalue weighted by Crippen LogP contribution is 2.32. The third-order valence-corrected chi connectivity index (χ3v) is 6.41. The number of carbonyl (C=O) groups excluding carboxylic acids is 1. The van der Waals surface area contributed by atoms with Crippen LogP contribution in [0.1, 0.15) is 21.6 Å². The third-order valence-electron chi connectivity index (χ3n) is 5.42. The lowest BCUT2D eigenvalue weighted by Gasteiger charge is -2.10. The van der Waals surface area contributed by atoms with Gasteiger partial charge in [0.05, 0.1) is 28.5 Å². The van der Waals surface area contributed by atoms with E-state index in [9.17, 15) is 9.90 Å². The summed E-state index contributed by atoms with van der Waals surface area (Å²) in [7, 11) is 1.47. The van der Waals surface area contributed by atoms with E-state index in [4.69, 9.17) is 39.5 Å². The first-order chi connectivity index (χ1) is 17.8. The van der Waals surface area contributed by atoms with Crippen molar-refractivity contribution in [1.29, 1.82) is 0 Å². The number of hydrogen-bond donors (Lipinski definition) is 2. The molecule has 0 saturated carbocycles. The number of halogens is 3.